The Kier molecular flexibility index (Phi) is 4.37. The van der Waals surface area contributed by atoms with Crippen molar-refractivity contribution in [3.63, 3.8) is 0 Å². The van der Waals surface area contributed by atoms with Gasteiger partial charge in [0.15, 0.2) is 0 Å². The lowest BCUT2D eigenvalue weighted by Gasteiger charge is -2.27. The molecule has 2 amide bonds. The standard InChI is InChI=1S/C12H22N2O3/c1-12(2,10(15)16)8-13-11(17)14(3)9-6-4-5-7-9/h9H,4-8H2,1-3H3,(H,13,17)(H,15,16). The average Bonchev–Trinajstić information content (AvgIpc) is 2.78. The highest BCUT2D eigenvalue weighted by Crippen LogP contribution is 2.22. The molecule has 1 rings (SSSR count). The maximum absolute atomic E-state index is 11.8. The van der Waals surface area contributed by atoms with E-state index in [9.17, 15) is 9.59 Å². The van der Waals surface area contributed by atoms with Crippen LogP contribution in [0, 0.1) is 5.41 Å². The molecule has 0 aromatic rings. The van der Waals surface area contributed by atoms with Crippen LogP contribution in [0.15, 0.2) is 0 Å². The van der Waals surface area contributed by atoms with Crippen molar-refractivity contribution in [1.29, 1.82) is 0 Å². The van der Waals surface area contributed by atoms with E-state index in [2.05, 4.69) is 5.32 Å². The summed E-state index contributed by atoms with van der Waals surface area (Å²) in [5.74, 6) is -0.902. The van der Waals surface area contributed by atoms with Crippen molar-refractivity contribution in [2.75, 3.05) is 13.6 Å². The number of urea groups is 1. The molecule has 1 aliphatic carbocycles. The number of nitrogens with zero attached hydrogens (tertiary/aromatic N) is 1. The normalized spacial score (nSPS) is 16.9. The molecule has 0 aromatic heterocycles. The summed E-state index contributed by atoms with van der Waals surface area (Å²) < 4.78 is 0. The van der Waals surface area contributed by atoms with Gasteiger partial charge in [-0.25, -0.2) is 4.79 Å². The molecule has 1 aliphatic rings. The van der Waals surface area contributed by atoms with Gasteiger partial charge in [0.2, 0.25) is 0 Å². The van der Waals surface area contributed by atoms with E-state index in [1.807, 2.05) is 0 Å². The second kappa shape index (κ2) is 5.38. The smallest absolute Gasteiger partial charge is 0.317 e. The highest BCUT2D eigenvalue weighted by atomic mass is 16.4. The monoisotopic (exact) mass is 242 g/mol. The Hall–Kier alpha value is -1.26. The van der Waals surface area contributed by atoms with Gasteiger partial charge in [-0.3, -0.25) is 4.79 Å². The van der Waals surface area contributed by atoms with E-state index in [1.54, 1.807) is 25.8 Å². The first-order valence-electron chi connectivity index (χ1n) is 6.08. The van der Waals surface area contributed by atoms with Gasteiger partial charge in [-0.15, -0.1) is 0 Å². The van der Waals surface area contributed by atoms with Crippen molar-refractivity contribution in [2.24, 2.45) is 5.41 Å². The highest BCUT2D eigenvalue weighted by Gasteiger charge is 2.29. The molecule has 0 unspecified atom stereocenters. The molecule has 0 aliphatic heterocycles. The Balaban J connectivity index is 2.41. The van der Waals surface area contributed by atoms with Crippen molar-refractivity contribution >= 4 is 12.0 Å². The van der Waals surface area contributed by atoms with Crippen LogP contribution in [-0.2, 0) is 4.79 Å². The molecule has 2 N–H and O–H groups in total. The van der Waals surface area contributed by atoms with Crippen molar-refractivity contribution in [1.82, 2.24) is 10.2 Å². The number of aliphatic carboxylic acids is 1. The predicted molar refractivity (Wildman–Crippen MR) is 64.8 cm³/mol. The van der Waals surface area contributed by atoms with Crippen molar-refractivity contribution in [3.8, 4) is 0 Å². The van der Waals surface area contributed by atoms with E-state index < -0.39 is 11.4 Å². The fraction of sp³-hybridized carbons (Fsp3) is 0.833. The minimum Gasteiger partial charge on any atom is -0.481 e. The van der Waals surface area contributed by atoms with Crippen LogP contribution in [0.4, 0.5) is 4.79 Å². The molecule has 17 heavy (non-hydrogen) atoms. The van der Waals surface area contributed by atoms with E-state index in [1.165, 1.54) is 12.8 Å². The van der Waals surface area contributed by atoms with Gasteiger partial charge < -0.3 is 15.3 Å². The van der Waals surface area contributed by atoms with Gasteiger partial charge in [-0.05, 0) is 26.7 Å². The van der Waals surface area contributed by atoms with Gasteiger partial charge in [0.1, 0.15) is 0 Å². The topological polar surface area (TPSA) is 69.6 Å². The largest absolute Gasteiger partial charge is 0.481 e. The maximum atomic E-state index is 11.8. The molecule has 0 heterocycles. The van der Waals surface area contributed by atoms with E-state index in [4.69, 9.17) is 5.11 Å². The summed E-state index contributed by atoms with van der Waals surface area (Å²) in [6.45, 7) is 3.36. The summed E-state index contributed by atoms with van der Waals surface area (Å²) in [7, 11) is 1.78. The summed E-state index contributed by atoms with van der Waals surface area (Å²) in [4.78, 5) is 24.4. The van der Waals surface area contributed by atoms with Gasteiger partial charge in [-0.1, -0.05) is 12.8 Å². The highest BCUT2D eigenvalue weighted by molar-refractivity contribution is 5.77. The van der Waals surface area contributed by atoms with Gasteiger partial charge in [0.05, 0.1) is 5.41 Å². The third-order valence-electron chi connectivity index (χ3n) is 3.45. The van der Waals surface area contributed by atoms with E-state index >= 15 is 0 Å². The van der Waals surface area contributed by atoms with Crippen molar-refractivity contribution in [2.45, 2.75) is 45.6 Å². The average molecular weight is 242 g/mol. The summed E-state index contributed by atoms with van der Waals surface area (Å²) in [5.41, 5.74) is -0.924. The van der Waals surface area contributed by atoms with Crippen LogP contribution >= 0.6 is 0 Å². The molecule has 0 aromatic carbocycles. The first-order chi connectivity index (χ1) is 7.84. The first kappa shape index (κ1) is 13.8. The lowest BCUT2D eigenvalue weighted by Crippen LogP contribution is -2.47. The quantitative estimate of drug-likeness (QED) is 0.788. The van der Waals surface area contributed by atoms with Gasteiger partial charge in [-0.2, -0.15) is 0 Å². The van der Waals surface area contributed by atoms with Crippen LogP contribution in [-0.4, -0.2) is 41.6 Å². The third-order valence-corrected chi connectivity index (χ3v) is 3.45. The number of rotatable bonds is 4. The fourth-order valence-corrected chi connectivity index (χ4v) is 1.95. The Morgan fingerprint density at radius 1 is 1.35 bits per heavy atom. The van der Waals surface area contributed by atoms with E-state index in [0.29, 0.717) is 6.04 Å². The number of carboxylic acids is 1. The number of amides is 2. The minimum absolute atomic E-state index is 0.151. The number of hydrogen-bond donors (Lipinski definition) is 2. The third kappa shape index (κ3) is 3.61. The number of carboxylic acid groups (broad SMARTS) is 1. The molecule has 0 saturated heterocycles. The number of carbonyl (C=O) groups is 2. The zero-order valence-electron chi connectivity index (χ0n) is 10.8. The zero-order chi connectivity index (χ0) is 13.1. The number of hydrogen-bond acceptors (Lipinski definition) is 2. The molecular weight excluding hydrogens is 220 g/mol. The second-order valence-electron chi connectivity index (χ2n) is 5.40. The zero-order valence-corrected chi connectivity index (χ0v) is 10.8. The van der Waals surface area contributed by atoms with Crippen LogP contribution in [0.3, 0.4) is 0 Å². The molecule has 0 bridgehead atoms. The molecule has 0 atom stereocenters. The minimum atomic E-state index is -0.924. The Morgan fingerprint density at radius 2 is 1.88 bits per heavy atom. The van der Waals surface area contributed by atoms with Gasteiger partial charge >= 0.3 is 12.0 Å². The summed E-state index contributed by atoms with van der Waals surface area (Å²) >= 11 is 0. The number of nitrogens with one attached hydrogen (secondary N) is 1. The molecule has 1 saturated carbocycles. The molecule has 0 radical (unpaired) electrons. The lowest BCUT2D eigenvalue weighted by atomic mass is 9.94. The van der Waals surface area contributed by atoms with Crippen LogP contribution in [0.2, 0.25) is 0 Å². The van der Waals surface area contributed by atoms with Crippen LogP contribution in [0.25, 0.3) is 0 Å². The molecule has 5 nitrogen and oxygen atoms in total. The van der Waals surface area contributed by atoms with Gasteiger partial charge in [0, 0.05) is 19.6 Å². The van der Waals surface area contributed by atoms with Crippen molar-refractivity contribution < 1.29 is 14.7 Å². The second-order valence-corrected chi connectivity index (χ2v) is 5.40. The van der Waals surface area contributed by atoms with Crippen LogP contribution in [0.5, 0.6) is 0 Å². The molecular formula is C12H22N2O3. The van der Waals surface area contributed by atoms with Gasteiger partial charge in [0.25, 0.3) is 0 Å². The predicted octanol–water partition coefficient (Wildman–Crippen LogP) is 1.68. The van der Waals surface area contributed by atoms with E-state index in [0.717, 1.165) is 12.8 Å². The summed E-state index contributed by atoms with van der Waals surface area (Å²) in [6, 6.07) is 0.133. The SMILES string of the molecule is CN(C(=O)NCC(C)(C)C(=O)O)C1CCCC1. The van der Waals surface area contributed by atoms with E-state index in [-0.39, 0.29) is 12.6 Å². The summed E-state index contributed by atoms with van der Waals surface area (Å²) in [6.07, 6.45) is 4.43. The van der Waals surface area contributed by atoms with Crippen LogP contribution < -0.4 is 5.32 Å². The lowest BCUT2D eigenvalue weighted by molar-refractivity contribution is -0.146. The summed E-state index contributed by atoms with van der Waals surface area (Å²) in [5, 5.41) is 11.6. The fourth-order valence-electron chi connectivity index (χ4n) is 1.95. The Labute approximate surface area is 102 Å². The Morgan fingerprint density at radius 3 is 2.35 bits per heavy atom. The molecule has 5 heteroatoms. The first-order valence-corrected chi connectivity index (χ1v) is 6.08. The number of carbonyl (C=O) groups excluding carboxylic acids is 1. The Bertz CT molecular complexity index is 296. The molecule has 0 spiro atoms. The molecule has 98 valence electrons. The maximum Gasteiger partial charge on any atom is 0.317 e. The molecule has 1 fully saturated rings. The van der Waals surface area contributed by atoms with Crippen LogP contribution in [0.1, 0.15) is 39.5 Å². The van der Waals surface area contributed by atoms with Crippen molar-refractivity contribution in [3.05, 3.63) is 0 Å².